The molecule has 0 bridgehead atoms. The smallest absolute Gasteiger partial charge is 0.335 e. The van der Waals surface area contributed by atoms with Crippen molar-refractivity contribution in [2.75, 3.05) is 6.79 Å². The van der Waals surface area contributed by atoms with Crippen molar-refractivity contribution in [1.29, 1.82) is 0 Å². The van der Waals surface area contributed by atoms with E-state index in [4.69, 9.17) is 14.6 Å². The van der Waals surface area contributed by atoms with Gasteiger partial charge in [0.2, 0.25) is 0 Å². The predicted octanol–water partition coefficient (Wildman–Crippen LogP) is 0.725. The maximum absolute atomic E-state index is 11.1. The van der Waals surface area contributed by atoms with E-state index in [1.807, 2.05) is 0 Å². The summed E-state index contributed by atoms with van der Waals surface area (Å²) in [6, 6.07) is 3.04. The van der Waals surface area contributed by atoms with E-state index >= 15 is 0 Å². The molecule has 0 saturated carbocycles. The zero-order valence-electron chi connectivity index (χ0n) is 10.3. The molecular weight excluding hydrogens is 264 g/mol. The summed E-state index contributed by atoms with van der Waals surface area (Å²) in [6.45, 7) is 0.441. The molecule has 0 atom stereocenters. The molecule has 8 nitrogen and oxygen atoms in total. The number of benzene rings is 1. The minimum atomic E-state index is -1.02. The van der Waals surface area contributed by atoms with Gasteiger partial charge in [0, 0.05) is 11.1 Å². The largest absolute Gasteiger partial charge is 0.478 e. The second-order valence-electron chi connectivity index (χ2n) is 4.06. The lowest BCUT2D eigenvalue weighted by atomic mass is 10.0. The predicted molar refractivity (Wildman–Crippen MR) is 66.7 cm³/mol. The van der Waals surface area contributed by atoms with E-state index in [2.05, 4.69) is 15.3 Å². The highest BCUT2D eigenvalue weighted by Gasteiger charge is 2.18. The van der Waals surface area contributed by atoms with Gasteiger partial charge < -0.3 is 14.6 Å². The van der Waals surface area contributed by atoms with E-state index in [1.54, 1.807) is 0 Å². The van der Waals surface area contributed by atoms with Crippen LogP contribution in [0.3, 0.4) is 0 Å². The van der Waals surface area contributed by atoms with Gasteiger partial charge in [-0.05, 0) is 12.1 Å². The number of nitrogens with zero attached hydrogens (tertiary/aromatic N) is 4. The number of carbonyl (C=O) groups is 1. The lowest BCUT2D eigenvalue weighted by molar-refractivity contribution is -0.0165. The number of aromatic carboxylic acids is 1. The van der Waals surface area contributed by atoms with Gasteiger partial charge in [-0.2, -0.15) is 5.10 Å². The summed E-state index contributed by atoms with van der Waals surface area (Å²) in [5.41, 5.74) is 1.40. The van der Waals surface area contributed by atoms with Crippen LogP contribution in [0.1, 0.15) is 21.5 Å². The van der Waals surface area contributed by atoms with E-state index in [-0.39, 0.29) is 12.4 Å². The van der Waals surface area contributed by atoms with Crippen LogP contribution in [0.2, 0.25) is 0 Å². The number of fused-ring (bicyclic) bond motifs is 1. The Balaban J connectivity index is 2.03. The lowest BCUT2D eigenvalue weighted by Crippen LogP contribution is -2.14. The van der Waals surface area contributed by atoms with Crippen LogP contribution in [-0.4, -0.2) is 39.0 Å². The molecular formula is C12H10N4O4. The Kier molecular flexibility index (Phi) is 3.13. The van der Waals surface area contributed by atoms with Crippen molar-refractivity contribution < 1.29 is 19.4 Å². The molecule has 1 aromatic heterocycles. The summed E-state index contributed by atoms with van der Waals surface area (Å²) >= 11 is 0. The SMILES string of the molecule is O=C(O)c1cc(C=Nn2cnnc2)c2c(c1)COCO2. The summed E-state index contributed by atoms with van der Waals surface area (Å²) in [4.78, 5) is 11.1. The number of hydrogen-bond acceptors (Lipinski definition) is 6. The average molecular weight is 274 g/mol. The van der Waals surface area contributed by atoms with Crippen molar-refractivity contribution in [3.8, 4) is 5.75 Å². The normalized spacial score (nSPS) is 14.0. The Labute approximate surface area is 113 Å². The molecule has 2 aromatic rings. The van der Waals surface area contributed by atoms with Gasteiger partial charge in [0.25, 0.3) is 0 Å². The molecule has 0 aliphatic carbocycles. The number of rotatable bonds is 3. The Bertz CT molecular complexity index is 666. The highest BCUT2D eigenvalue weighted by Crippen LogP contribution is 2.28. The van der Waals surface area contributed by atoms with Crippen LogP contribution in [0.5, 0.6) is 5.75 Å². The zero-order chi connectivity index (χ0) is 13.9. The number of aromatic nitrogens is 3. The molecule has 1 N–H and O–H groups in total. The van der Waals surface area contributed by atoms with E-state index in [0.29, 0.717) is 23.5 Å². The van der Waals surface area contributed by atoms with E-state index in [1.165, 1.54) is 35.7 Å². The Morgan fingerprint density at radius 1 is 1.40 bits per heavy atom. The molecule has 3 rings (SSSR count). The molecule has 20 heavy (non-hydrogen) atoms. The molecule has 0 saturated heterocycles. The highest BCUT2D eigenvalue weighted by molar-refractivity contribution is 5.93. The van der Waals surface area contributed by atoms with Gasteiger partial charge >= 0.3 is 5.97 Å². The summed E-state index contributed by atoms with van der Waals surface area (Å²) in [7, 11) is 0. The first-order valence-corrected chi connectivity index (χ1v) is 5.74. The second-order valence-corrected chi connectivity index (χ2v) is 4.06. The average Bonchev–Trinajstić information content (AvgIpc) is 2.97. The number of ether oxygens (including phenoxy) is 2. The first-order chi connectivity index (χ1) is 9.74. The maximum atomic E-state index is 11.1. The standard InChI is InChI=1S/C12H10N4O4/c17-12(18)8-1-9(3-15-16-5-13-14-6-16)11-10(2-8)4-19-7-20-11/h1-3,5-6H,4,7H2,(H,17,18). The van der Waals surface area contributed by atoms with Crippen molar-refractivity contribution in [1.82, 2.24) is 14.9 Å². The van der Waals surface area contributed by atoms with Gasteiger partial charge in [-0.15, -0.1) is 10.2 Å². The molecule has 8 heteroatoms. The summed E-state index contributed by atoms with van der Waals surface area (Å²) in [5.74, 6) is -0.435. The van der Waals surface area contributed by atoms with E-state index in [9.17, 15) is 4.79 Å². The molecule has 0 fully saturated rings. The topological polar surface area (TPSA) is 98.8 Å². The zero-order valence-corrected chi connectivity index (χ0v) is 10.3. The van der Waals surface area contributed by atoms with Crippen LogP contribution in [0.25, 0.3) is 0 Å². The fraction of sp³-hybridized carbons (Fsp3) is 0.167. The van der Waals surface area contributed by atoms with Crippen LogP contribution in [0, 0.1) is 0 Å². The van der Waals surface area contributed by atoms with Gasteiger partial charge in [-0.1, -0.05) is 0 Å². The number of carboxylic acid groups (broad SMARTS) is 1. The first kappa shape index (κ1) is 12.3. The Morgan fingerprint density at radius 2 is 2.20 bits per heavy atom. The van der Waals surface area contributed by atoms with Crippen LogP contribution < -0.4 is 4.74 Å². The second kappa shape index (κ2) is 5.10. The molecule has 2 heterocycles. The summed E-state index contributed by atoms with van der Waals surface area (Å²) in [6.07, 6.45) is 4.35. The van der Waals surface area contributed by atoms with Crippen molar-refractivity contribution in [2.45, 2.75) is 6.61 Å². The molecule has 1 aromatic carbocycles. The molecule has 0 spiro atoms. The number of carboxylic acids is 1. The summed E-state index contributed by atoms with van der Waals surface area (Å²) < 4.78 is 12.0. The molecule has 0 amide bonds. The number of hydrogen-bond donors (Lipinski definition) is 1. The molecule has 1 aliphatic heterocycles. The van der Waals surface area contributed by atoms with E-state index in [0.717, 1.165) is 0 Å². The lowest BCUT2D eigenvalue weighted by Gasteiger charge is -2.19. The van der Waals surface area contributed by atoms with Crippen LogP contribution in [0.4, 0.5) is 0 Å². The van der Waals surface area contributed by atoms with Crippen molar-refractivity contribution >= 4 is 12.2 Å². The third-order valence-corrected chi connectivity index (χ3v) is 2.72. The maximum Gasteiger partial charge on any atom is 0.335 e. The quantitative estimate of drug-likeness (QED) is 0.828. The van der Waals surface area contributed by atoms with Crippen LogP contribution in [-0.2, 0) is 11.3 Å². The summed E-state index contributed by atoms with van der Waals surface area (Å²) in [5, 5.41) is 20.5. The Hall–Kier alpha value is -2.74. The van der Waals surface area contributed by atoms with Gasteiger partial charge in [0.15, 0.2) is 6.79 Å². The van der Waals surface area contributed by atoms with Gasteiger partial charge in [-0.25, -0.2) is 9.47 Å². The van der Waals surface area contributed by atoms with Crippen LogP contribution >= 0.6 is 0 Å². The highest BCUT2D eigenvalue weighted by atomic mass is 16.7. The van der Waals surface area contributed by atoms with Gasteiger partial charge in [0.05, 0.1) is 18.4 Å². The minimum Gasteiger partial charge on any atom is -0.478 e. The van der Waals surface area contributed by atoms with Gasteiger partial charge in [-0.3, -0.25) is 0 Å². The van der Waals surface area contributed by atoms with Crippen molar-refractivity contribution in [3.63, 3.8) is 0 Å². The fourth-order valence-corrected chi connectivity index (χ4v) is 1.85. The minimum absolute atomic E-state index is 0.132. The van der Waals surface area contributed by atoms with Gasteiger partial charge in [0.1, 0.15) is 18.4 Å². The first-order valence-electron chi connectivity index (χ1n) is 5.74. The van der Waals surface area contributed by atoms with Crippen LogP contribution in [0.15, 0.2) is 29.9 Å². The van der Waals surface area contributed by atoms with Crippen molar-refractivity contribution in [3.05, 3.63) is 41.5 Å². The fourth-order valence-electron chi connectivity index (χ4n) is 1.85. The molecule has 0 radical (unpaired) electrons. The Morgan fingerprint density at radius 3 is 2.95 bits per heavy atom. The monoisotopic (exact) mass is 274 g/mol. The third kappa shape index (κ3) is 2.36. The molecule has 1 aliphatic rings. The molecule has 102 valence electrons. The third-order valence-electron chi connectivity index (χ3n) is 2.72. The van der Waals surface area contributed by atoms with E-state index < -0.39 is 5.97 Å². The molecule has 0 unspecified atom stereocenters. The van der Waals surface area contributed by atoms with Crippen molar-refractivity contribution in [2.24, 2.45) is 5.10 Å².